The highest BCUT2D eigenvalue weighted by Crippen LogP contribution is 2.20. The first-order chi connectivity index (χ1) is 8.45. The zero-order chi connectivity index (χ0) is 13.7. The molecule has 0 saturated carbocycles. The minimum absolute atomic E-state index is 0.129. The van der Waals surface area contributed by atoms with Crippen LogP contribution in [0.15, 0.2) is 22.7 Å². The van der Waals surface area contributed by atoms with Crippen molar-refractivity contribution in [3.05, 3.63) is 31.8 Å². The van der Waals surface area contributed by atoms with E-state index in [-0.39, 0.29) is 19.1 Å². The molecule has 1 N–H and O–H groups in total. The number of benzene rings is 1. The van der Waals surface area contributed by atoms with Crippen molar-refractivity contribution in [3.63, 3.8) is 0 Å². The molecule has 0 heterocycles. The first-order valence-corrected chi connectivity index (χ1v) is 7.20. The van der Waals surface area contributed by atoms with E-state index in [2.05, 4.69) is 38.5 Å². The minimum Gasteiger partial charge on any atom is -0.389 e. The number of carbonyl (C=O) groups is 1. The Kier molecular flexibility index (Phi) is 6.54. The molecular formula is C12H15BrINO3. The molecule has 0 aliphatic carbocycles. The molecule has 0 aromatic heterocycles. The van der Waals surface area contributed by atoms with Crippen LogP contribution in [0.4, 0.5) is 0 Å². The van der Waals surface area contributed by atoms with E-state index < -0.39 is 6.10 Å². The maximum atomic E-state index is 12.2. The summed E-state index contributed by atoms with van der Waals surface area (Å²) < 4.78 is 6.58. The molecule has 0 saturated heterocycles. The van der Waals surface area contributed by atoms with E-state index in [1.807, 2.05) is 18.2 Å². The molecule has 1 aromatic carbocycles. The smallest absolute Gasteiger partial charge is 0.254 e. The highest BCUT2D eigenvalue weighted by molar-refractivity contribution is 14.1. The van der Waals surface area contributed by atoms with Gasteiger partial charge in [-0.3, -0.25) is 4.79 Å². The van der Waals surface area contributed by atoms with Gasteiger partial charge < -0.3 is 14.7 Å². The zero-order valence-electron chi connectivity index (χ0n) is 10.2. The Morgan fingerprint density at radius 2 is 2.28 bits per heavy atom. The van der Waals surface area contributed by atoms with Crippen molar-refractivity contribution in [2.24, 2.45) is 0 Å². The number of likely N-dealkylation sites (N-methyl/N-ethyl adjacent to an activating group) is 1. The summed E-state index contributed by atoms with van der Waals surface area (Å²) >= 11 is 5.52. The zero-order valence-corrected chi connectivity index (χ0v) is 13.9. The molecule has 0 fully saturated rings. The monoisotopic (exact) mass is 427 g/mol. The molecule has 1 aromatic rings. The van der Waals surface area contributed by atoms with E-state index >= 15 is 0 Å². The van der Waals surface area contributed by atoms with Gasteiger partial charge in [0.15, 0.2) is 0 Å². The minimum atomic E-state index is -0.675. The number of hydrogen-bond acceptors (Lipinski definition) is 3. The van der Waals surface area contributed by atoms with Gasteiger partial charge in [0.2, 0.25) is 0 Å². The molecule has 1 unspecified atom stereocenters. The standard InChI is InChI=1S/C12H15BrINO3/c1-15(6-9(16)7-18-2)12(17)10-5-8(14)3-4-11(10)13/h3-5,9,16H,6-7H2,1-2H3. The van der Waals surface area contributed by atoms with Gasteiger partial charge in [0.05, 0.1) is 18.3 Å². The molecule has 0 bridgehead atoms. The Bertz CT molecular complexity index is 428. The summed E-state index contributed by atoms with van der Waals surface area (Å²) in [5.41, 5.74) is 0.592. The molecule has 18 heavy (non-hydrogen) atoms. The fraction of sp³-hybridized carbons (Fsp3) is 0.417. The third-order valence-electron chi connectivity index (χ3n) is 2.35. The summed E-state index contributed by atoms with van der Waals surface area (Å²) in [4.78, 5) is 13.7. The van der Waals surface area contributed by atoms with Gasteiger partial charge in [0, 0.05) is 28.7 Å². The predicted molar refractivity (Wildman–Crippen MR) is 81.7 cm³/mol. The molecule has 6 heteroatoms. The molecule has 1 amide bonds. The number of nitrogens with zero attached hydrogens (tertiary/aromatic N) is 1. The lowest BCUT2D eigenvalue weighted by atomic mass is 10.2. The fourth-order valence-electron chi connectivity index (χ4n) is 1.51. The van der Waals surface area contributed by atoms with E-state index in [4.69, 9.17) is 4.74 Å². The van der Waals surface area contributed by atoms with Gasteiger partial charge in [0.1, 0.15) is 0 Å². The van der Waals surface area contributed by atoms with Gasteiger partial charge in [-0.25, -0.2) is 0 Å². The number of aliphatic hydroxyl groups excluding tert-OH is 1. The second kappa shape index (κ2) is 7.42. The summed E-state index contributed by atoms with van der Waals surface area (Å²) in [6.07, 6.45) is -0.675. The number of amides is 1. The van der Waals surface area contributed by atoms with E-state index in [0.29, 0.717) is 5.56 Å². The van der Waals surface area contributed by atoms with Crippen LogP contribution in [0, 0.1) is 3.57 Å². The van der Waals surface area contributed by atoms with Gasteiger partial charge in [-0.15, -0.1) is 0 Å². The Hall–Kier alpha value is -0.180. The average molecular weight is 428 g/mol. The summed E-state index contributed by atoms with van der Waals surface area (Å²) in [5, 5.41) is 9.61. The Morgan fingerprint density at radius 1 is 1.61 bits per heavy atom. The molecule has 100 valence electrons. The van der Waals surface area contributed by atoms with Crippen LogP contribution in [0.3, 0.4) is 0 Å². The van der Waals surface area contributed by atoms with E-state index in [0.717, 1.165) is 8.04 Å². The maximum absolute atomic E-state index is 12.2. The number of rotatable bonds is 5. The second-order valence-electron chi connectivity index (χ2n) is 3.92. The number of carbonyl (C=O) groups excluding carboxylic acids is 1. The van der Waals surface area contributed by atoms with Crippen molar-refractivity contribution < 1.29 is 14.6 Å². The number of methoxy groups -OCH3 is 1. The van der Waals surface area contributed by atoms with Gasteiger partial charge >= 0.3 is 0 Å². The van der Waals surface area contributed by atoms with Gasteiger partial charge in [0.25, 0.3) is 5.91 Å². The molecule has 1 atom stereocenters. The normalized spacial score (nSPS) is 12.3. The number of hydrogen-bond donors (Lipinski definition) is 1. The van der Waals surface area contributed by atoms with Gasteiger partial charge in [-0.05, 0) is 56.7 Å². The first kappa shape index (κ1) is 15.9. The van der Waals surface area contributed by atoms with Crippen molar-refractivity contribution in [2.75, 3.05) is 27.3 Å². The van der Waals surface area contributed by atoms with E-state index in [1.165, 1.54) is 12.0 Å². The van der Waals surface area contributed by atoms with Crippen molar-refractivity contribution in [2.45, 2.75) is 6.10 Å². The summed E-state index contributed by atoms with van der Waals surface area (Å²) in [5.74, 6) is -0.129. The van der Waals surface area contributed by atoms with E-state index in [1.54, 1.807) is 7.05 Å². The lowest BCUT2D eigenvalue weighted by molar-refractivity contribution is 0.0380. The van der Waals surface area contributed by atoms with Gasteiger partial charge in [-0.2, -0.15) is 0 Å². The lowest BCUT2D eigenvalue weighted by Gasteiger charge is -2.21. The molecule has 0 spiro atoms. The Balaban J connectivity index is 2.77. The molecule has 1 rings (SSSR count). The summed E-state index contributed by atoms with van der Waals surface area (Å²) in [6.45, 7) is 0.454. The molecule has 0 radical (unpaired) electrons. The quantitative estimate of drug-likeness (QED) is 0.732. The van der Waals surface area contributed by atoms with Crippen LogP contribution < -0.4 is 0 Å². The summed E-state index contributed by atoms with van der Waals surface area (Å²) in [7, 11) is 3.18. The van der Waals surface area contributed by atoms with E-state index in [9.17, 15) is 9.90 Å². The molecule has 0 aliphatic heterocycles. The van der Waals surface area contributed by atoms with Crippen molar-refractivity contribution in [1.82, 2.24) is 4.90 Å². The van der Waals surface area contributed by atoms with Crippen LogP contribution in [0.2, 0.25) is 0 Å². The third kappa shape index (κ3) is 4.49. The van der Waals surface area contributed by atoms with Gasteiger partial charge in [-0.1, -0.05) is 0 Å². The number of aliphatic hydroxyl groups is 1. The highest BCUT2D eigenvalue weighted by atomic mass is 127. The molecule has 0 aliphatic rings. The Morgan fingerprint density at radius 3 is 2.89 bits per heavy atom. The molecule has 4 nitrogen and oxygen atoms in total. The van der Waals surface area contributed by atoms with Crippen LogP contribution in [-0.4, -0.2) is 49.3 Å². The van der Waals surface area contributed by atoms with Crippen LogP contribution >= 0.6 is 38.5 Å². The Labute approximate surface area is 129 Å². The topological polar surface area (TPSA) is 49.8 Å². The number of halogens is 2. The van der Waals surface area contributed by atoms with Crippen LogP contribution in [0.25, 0.3) is 0 Å². The largest absolute Gasteiger partial charge is 0.389 e. The fourth-order valence-corrected chi connectivity index (χ4v) is 2.42. The first-order valence-electron chi connectivity index (χ1n) is 5.33. The van der Waals surface area contributed by atoms with Crippen LogP contribution in [0.5, 0.6) is 0 Å². The lowest BCUT2D eigenvalue weighted by Crippen LogP contribution is -2.36. The SMILES string of the molecule is COCC(O)CN(C)C(=O)c1cc(I)ccc1Br. The average Bonchev–Trinajstić information content (AvgIpc) is 2.31. The van der Waals surface area contributed by atoms with Crippen LogP contribution in [0.1, 0.15) is 10.4 Å². The highest BCUT2D eigenvalue weighted by Gasteiger charge is 2.17. The van der Waals surface area contributed by atoms with Crippen molar-refractivity contribution in [3.8, 4) is 0 Å². The number of ether oxygens (including phenoxy) is 1. The maximum Gasteiger partial charge on any atom is 0.254 e. The van der Waals surface area contributed by atoms with Crippen LogP contribution in [-0.2, 0) is 4.74 Å². The third-order valence-corrected chi connectivity index (χ3v) is 3.71. The second-order valence-corrected chi connectivity index (χ2v) is 6.02. The van der Waals surface area contributed by atoms with Crippen molar-refractivity contribution in [1.29, 1.82) is 0 Å². The summed E-state index contributed by atoms with van der Waals surface area (Å²) in [6, 6.07) is 5.57. The van der Waals surface area contributed by atoms with Crippen molar-refractivity contribution >= 4 is 44.4 Å². The predicted octanol–water partition coefficient (Wildman–Crippen LogP) is 2.13. The molecular weight excluding hydrogens is 413 g/mol.